The van der Waals surface area contributed by atoms with E-state index in [1.165, 1.54) is 12.1 Å². The zero-order valence-electron chi connectivity index (χ0n) is 14.9. The molecule has 10 heteroatoms. The van der Waals surface area contributed by atoms with E-state index in [-0.39, 0.29) is 11.3 Å². The highest BCUT2D eigenvalue weighted by Crippen LogP contribution is 2.24. The Morgan fingerprint density at radius 1 is 1.27 bits per heavy atom. The first kappa shape index (κ1) is 20.9. The van der Waals surface area contributed by atoms with Crippen LogP contribution < -0.4 is 15.5 Å². The number of carbonyl (C=O) groups is 3. The lowest BCUT2D eigenvalue weighted by Gasteiger charge is -2.16. The third-order valence-electron chi connectivity index (χ3n) is 3.30. The molecule has 26 heavy (non-hydrogen) atoms. The summed E-state index contributed by atoms with van der Waals surface area (Å²) in [5.74, 6) is -1.71. The van der Waals surface area contributed by atoms with Gasteiger partial charge >= 0.3 is 12.0 Å². The number of ether oxygens (including phenoxy) is 1. The third-order valence-corrected chi connectivity index (χ3v) is 3.30. The van der Waals surface area contributed by atoms with E-state index in [0.717, 1.165) is 18.9 Å². The van der Waals surface area contributed by atoms with E-state index in [0.29, 0.717) is 12.2 Å². The number of carbonyl (C=O) groups excluding carboxylic acids is 3. The highest BCUT2D eigenvalue weighted by Gasteiger charge is 2.20. The van der Waals surface area contributed by atoms with Crippen molar-refractivity contribution in [3.05, 3.63) is 33.9 Å². The molecule has 0 heterocycles. The van der Waals surface area contributed by atoms with Gasteiger partial charge in [-0.3, -0.25) is 20.2 Å². The van der Waals surface area contributed by atoms with Crippen molar-refractivity contribution in [2.24, 2.45) is 0 Å². The average molecular weight is 366 g/mol. The maximum absolute atomic E-state index is 12.2. The molecule has 1 rings (SSSR count). The zero-order valence-corrected chi connectivity index (χ0v) is 14.9. The van der Waals surface area contributed by atoms with Crippen LogP contribution >= 0.6 is 0 Å². The van der Waals surface area contributed by atoms with Crippen LogP contribution in [0.25, 0.3) is 0 Å². The predicted octanol–water partition coefficient (Wildman–Crippen LogP) is 1.44. The lowest BCUT2D eigenvalue weighted by atomic mass is 10.1. The van der Waals surface area contributed by atoms with Gasteiger partial charge in [-0.2, -0.15) is 0 Å². The van der Waals surface area contributed by atoms with Crippen LogP contribution in [-0.2, 0) is 9.53 Å². The minimum atomic E-state index is -0.904. The maximum atomic E-state index is 12.2. The number of hydrogen-bond donors (Lipinski definition) is 2. The van der Waals surface area contributed by atoms with Crippen LogP contribution in [0.15, 0.2) is 18.2 Å². The number of urea groups is 1. The normalized spacial score (nSPS) is 9.96. The number of benzene rings is 1. The highest BCUT2D eigenvalue weighted by molar-refractivity contribution is 5.99. The quantitative estimate of drug-likeness (QED) is 0.308. The van der Waals surface area contributed by atoms with Crippen molar-refractivity contribution in [1.29, 1.82) is 0 Å². The fourth-order valence-electron chi connectivity index (χ4n) is 1.99. The third kappa shape index (κ3) is 6.38. The zero-order chi connectivity index (χ0) is 19.7. The number of imide groups is 1. The van der Waals surface area contributed by atoms with Crippen molar-refractivity contribution in [3.8, 4) is 0 Å². The average Bonchev–Trinajstić information content (AvgIpc) is 2.59. The Morgan fingerprint density at radius 3 is 2.54 bits per heavy atom. The molecule has 0 saturated carbocycles. The van der Waals surface area contributed by atoms with E-state index in [9.17, 15) is 24.5 Å². The Kier molecular flexibility index (Phi) is 8.00. The molecule has 0 unspecified atom stereocenters. The van der Waals surface area contributed by atoms with E-state index in [1.54, 1.807) is 19.0 Å². The summed E-state index contributed by atoms with van der Waals surface area (Å²) >= 11 is 0. The highest BCUT2D eigenvalue weighted by atomic mass is 16.6. The van der Waals surface area contributed by atoms with Crippen LogP contribution in [0.3, 0.4) is 0 Å². The Hall–Kier alpha value is -3.17. The Labute approximate surface area is 150 Å². The SMILES string of the molecule is CCCCNC(=O)NC(=O)COC(=O)c1cc([N+](=O)[O-])ccc1N(C)C. The summed E-state index contributed by atoms with van der Waals surface area (Å²) in [4.78, 5) is 47.1. The van der Waals surface area contributed by atoms with Gasteiger partial charge < -0.3 is 15.0 Å². The van der Waals surface area contributed by atoms with E-state index in [1.807, 2.05) is 12.2 Å². The van der Waals surface area contributed by atoms with Gasteiger partial charge in [-0.05, 0) is 12.5 Å². The number of nitro groups is 1. The summed E-state index contributed by atoms with van der Waals surface area (Å²) in [6.45, 7) is 1.70. The predicted molar refractivity (Wildman–Crippen MR) is 94.2 cm³/mol. The van der Waals surface area contributed by atoms with Crippen LogP contribution in [0.5, 0.6) is 0 Å². The van der Waals surface area contributed by atoms with Crippen LogP contribution in [0, 0.1) is 10.1 Å². The molecule has 0 atom stereocenters. The number of amides is 3. The first-order valence-electron chi connectivity index (χ1n) is 7.96. The summed E-state index contributed by atoms with van der Waals surface area (Å²) in [6.07, 6.45) is 1.67. The summed E-state index contributed by atoms with van der Waals surface area (Å²) in [5.41, 5.74) is 0.0741. The van der Waals surface area contributed by atoms with Crippen molar-refractivity contribution in [2.45, 2.75) is 19.8 Å². The van der Waals surface area contributed by atoms with E-state index in [2.05, 4.69) is 5.32 Å². The summed E-state index contributed by atoms with van der Waals surface area (Å²) in [6, 6.07) is 3.08. The maximum Gasteiger partial charge on any atom is 0.341 e. The Bertz CT molecular complexity index is 689. The molecule has 0 radical (unpaired) electrons. The molecule has 0 bridgehead atoms. The van der Waals surface area contributed by atoms with Crippen molar-refractivity contribution < 1.29 is 24.0 Å². The van der Waals surface area contributed by atoms with Gasteiger partial charge in [0.25, 0.3) is 11.6 Å². The molecule has 0 aromatic heterocycles. The minimum Gasteiger partial charge on any atom is -0.452 e. The molecule has 0 spiro atoms. The van der Waals surface area contributed by atoms with Gasteiger partial charge in [0.05, 0.1) is 16.2 Å². The number of nitro benzene ring substituents is 1. The first-order valence-corrected chi connectivity index (χ1v) is 7.96. The van der Waals surface area contributed by atoms with Crippen LogP contribution in [-0.4, -0.2) is 50.1 Å². The second kappa shape index (κ2) is 9.97. The summed E-state index contributed by atoms with van der Waals surface area (Å²) < 4.78 is 4.86. The summed E-state index contributed by atoms with van der Waals surface area (Å²) in [7, 11) is 3.32. The molecule has 1 aromatic rings. The first-order chi connectivity index (χ1) is 12.3. The molecule has 142 valence electrons. The van der Waals surface area contributed by atoms with E-state index in [4.69, 9.17) is 4.74 Å². The fraction of sp³-hybridized carbons (Fsp3) is 0.438. The second-order valence-electron chi connectivity index (χ2n) is 5.59. The number of unbranched alkanes of at least 4 members (excludes halogenated alkanes) is 1. The van der Waals surface area contributed by atoms with Gasteiger partial charge in [0.1, 0.15) is 0 Å². The molecule has 2 N–H and O–H groups in total. The number of nitrogens with zero attached hydrogens (tertiary/aromatic N) is 2. The van der Waals surface area contributed by atoms with E-state index >= 15 is 0 Å². The molecule has 0 aliphatic carbocycles. The van der Waals surface area contributed by atoms with Gasteiger partial charge in [-0.1, -0.05) is 13.3 Å². The molecule has 0 saturated heterocycles. The molecule has 3 amide bonds. The monoisotopic (exact) mass is 366 g/mol. The molecule has 0 aliphatic rings. The lowest BCUT2D eigenvalue weighted by Crippen LogP contribution is -2.41. The van der Waals surface area contributed by atoms with Crippen molar-refractivity contribution in [1.82, 2.24) is 10.6 Å². The van der Waals surface area contributed by atoms with Crippen molar-refractivity contribution >= 4 is 29.3 Å². The molecule has 0 fully saturated rings. The van der Waals surface area contributed by atoms with Gasteiger partial charge in [0, 0.05) is 32.8 Å². The second-order valence-corrected chi connectivity index (χ2v) is 5.59. The number of non-ortho nitro benzene ring substituents is 1. The summed E-state index contributed by atoms with van der Waals surface area (Å²) in [5, 5.41) is 15.4. The van der Waals surface area contributed by atoms with Crippen LogP contribution in [0.2, 0.25) is 0 Å². The number of hydrogen-bond acceptors (Lipinski definition) is 7. The number of anilines is 1. The van der Waals surface area contributed by atoms with Gasteiger partial charge in [-0.25, -0.2) is 9.59 Å². The van der Waals surface area contributed by atoms with Crippen LogP contribution in [0.1, 0.15) is 30.1 Å². The molecule has 10 nitrogen and oxygen atoms in total. The molecule has 0 aliphatic heterocycles. The largest absolute Gasteiger partial charge is 0.452 e. The van der Waals surface area contributed by atoms with Gasteiger partial charge in [0.2, 0.25) is 0 Å². The lowest BCUT2D eigenvalue weighted by molar-refractivity contribution is -0.384. The fourth-order valence-corrected chi connectivity index (χ4v) is 1.99. The van der Waals surface area contributed by atoms with Crippen LogP contribution in [0.4, 0.5) is 16.2 Å². The Morgan fingerprint density at radius 2 is 1.96 bits per heavy atom. The smallest absolute Gasteiger partial charge is 0.341 e. The topological polar surface area (TPSA) is 131 Å². The molecule has 1 aromatic carbocycles. The Balaban J connectivity index is 2.69. The standard InChI is InChI=1S/C16H22N4O6/c1-4-5-8-17-16(23)18-14(21)10-26-15(22)12-9-11(20(24)25)6-7-13(12)19(2)3/h6-7,9H,4-5,8,10H2,1-3H3,(H2,17,18,21,23). The minimum absolute atomic E-state index is 0.0515. The molecular weight excluding hydrogens is 344 g/mol. The number of esters is 1. The van der Waals surface area contributed by atoms with E-state index < -0.39 is 29.4 Å². The van der Waals surface area contributed by atoms with Gasteiger partial charge in [-0.15, -0.1) is 0 Å². The van der Waals surface area contributed by atoms with Crippen molar-refractivity contribution in [3.63, 3.8) is 0 Å². The number of rotatable bonds is 8. The van der Waals surface area contributed by atoms with Crippen molar-refractivity contribution in [2.75, 3.05) is 32.1 Å². The molecular formula is C16H22N4O6. The van der Waals surface area contributed by atoms with Gasteiger partial charge in [0.15, 0.2) is 6.61 Å². The number of nitrogens with one attached hydrogen (secondary N) is 2.